The summed E-state index contributed by atoms with van der Waals surface area (Å²) < 4.78 is 5.83. The minimum absolute atomic E-state index is 0.0104. The lowest BCUT2D eigenvalue weighted by Gasteiger charge is -2.09. The second-order valence-corrected chi connectivity index (χ2v) is 3.36. The van der Waals surface area contributed by atoms with E-state index in [9.17, 15) is 4.79 Å². The molecule has 0 fully saturated rings. The Kier molecular flexibility index (Phi) is 3.50. The molecule has 4 nitrogen and oxygen atoms in total. The van der Waals surface area contributed by atoms with Crippen LogP contribution >= 0.6 is 15.9 Å². The molecule has 5 heteroatoms. The van der Waals surface area contributed by atoms with Crippen LogP contribution in [0.5, 0.6) is 0 Å². The summed E-state index contributed by atoms with van der Waals surface area (Å²) in [5.41, 5.74) is 0. The predicted molar refractivity (Wildman–Crippen MR) is 50.5 cm³/mol. The normalized spacial score (nSPS) is 12.8. The molecule has 1 aromatic heterocycles. The zero-order valence-electron chi connectivity index (χ0n) is 7.08. The maximum atomic E-state index is 10.5. The minimum atomic E-state index is -0.855. The van der Waals surface area contributed by atoms with Crippen LogP contribution in [0.1, 0.15) is 18.2 Å². The number of aliphatic carboxylic acids is 1. The van der Waals surface area contributed by atoms with Gasteiger partial charge >= 0.3 is 5.97 Å². The summed E-state index contributed by atoms with van der Waals surface area (Å²) in [7, 11) is 1.70. The number of carbonyl (C=O) groups is 1. The summed E-state index contributed by atoms with van der Waals surface area (Å²) in [5.74, 6) is -0.233. The molecule has 0 aliphatic carbocycles. The molecular weight excluding hydrogens is 238 g/mol. The van der Waals surface area contributed by atoms with Gasteiger partial charge in [0.2, 0.25) is 0 Å². The van der Waals surface area contributed by atoms with E-state index in [2.05, 4.69) is 21.2 Å². The molecule has 0 spiro atoms. The van der Waals surface area contributed by atoms with Gasteiger partial charge in [-0.3, -0.25) is 4.79 Å². The molecule has 1 heterocycles. The van der Waals surface area contributed by atoms with Crippen LogP contribution < -0.4 is 5.32 Å². The van der Waals surface area contributed by atoms with Crippen LogP contribution in [0.3, 0.4) is 0 Å². The van der Waals surface area contributed by atoms with E-state index in [0.29, 0.717) is 10.4 Å². The Morgan fingerprint density at radius 1 is 1.77 bits per heavy atom. The molecular formula is C8H10BrNO3. The third-order valence-corrected chi connectivity index (χ3v) is 2.09. The lowest BCUT2D eigenvalue weighted by atomic mass is 10.1. The van der Waals surface area contributed by atoms with Crippen molar-refractivity contribution in [3.8, 4) is 0 Å². The van der Waals surface area contributed by atoms with Gasteiger partial charge in [0.1, 0.15) is 5.76 Å². The van der Waals surface area contributed by atoms with Crippen molar-refractivity contribution < 1.29 is 14.3 Å². The fourth-order valence-corrected chi connectivity index (χ4v) is 1.35. The molecule has 0 radical (unpaired) electrons. The highest BCUT2D eigenvalue weighted by molar-refractivity contribution is 9.10. The van der Waals surface area contributed by atoms with Gasteiger partial charge in [0.25, 0.3) is 0 Å². The molecule has 0 aliphatic heterocycles. The minimum Gasteiger partial charge on any atom is -0.481 e. The molecule has 0 aromatic carbocycles. The summed E-state index contributed by atoms with van der Waals surface area (Å²) in [6.45, 7) is 0. The largest absolute Gasteiger partial charge is 0.481 e. The van der Waals surface area contributed by atoms with Gasteiger partial charge in [-0.2, -0.15) is 0 Å². The third kappa shape index (κ3) is 2.86. The smallest absolute Gasteiger partial charge is 0.305 e. The summed E-state index contributed by atoms with van der Waals surface area (Å²) in [6, 6.07) is 3.21. The molecule has 0 amide bonds. The lowest BCUT2D eigenvalue weighted by molar-refractivity contribution is -0.137. The SMILES string of the molecule is CNC(CC(=O)O)c1ccc(Br)o1. The fourth-order valence-electron chi connectivity index (χ4n) is 1.04. The predicted octanol–water partition coefficient (Wildman–Crippen LogP) is 1.78. The molecule has 0 saturated heterocycles. The topological polar surface area (TPSA) is 62.5 Å². The van der Waals surface area contributed by atoms with Crippen LogP contribution in [0.2, 0.25) is 0 Å². The van der Waals surface area contributed by atoms with Crippen molar-refractivity contribution in [1.82, 2.24) is 5.32 Å². The summed E-state index contributed by atoms with van der Waals surface area (Å²) in [4.78, 5) is 10.5. The van der Waals surface area contributed by atoms with Gasteiger partial charge < -0.3 is 14.8 Å². The fraction of sp³-hybridized carbons (Fsp3) is 0.375. The van der Waals surface area contributed by atoms with Crippen molar-refractivity contribution in [2.45, 2.75) is 12.5 Å². The number of furan rings is 1. The van der Waals surface area contributed by atoms with Crippen LogP contribution in [-0.4, -0.2) is 18.1 Å². The average Bonchev–Trinajstić information content (AvgIpc) is 2.47. The average molecular weight is 248 g/mol. The zero-order valence-corrected chi connectivity index (χ0v) is 8.67. The monoisotopic (exact) mass is 247 g/mol. The van der Waals surface area contributed by atoms with E-state index in [1.165, 1.54) is 0 Å². The molecule has 1 rings (SSSR count). The van der Waals surface area contributed by atoms with Gasteiger partial charge in [0, 0.05) is 0 Å². The number of halogens is 1. The number of nitrogens with one attached hydrogen (secondary N) is 1. The maximum absolute atomic E-state index is 10.5. The van der Waals surface area contributed by atoms with Gasteiger partial charge in [-0.25, -0.2) is 0 Å². The van der Waals surface area contributed by atoms with E-state index in [4.69, 9.17) is 9.52 Å². The molecule has 1 atom stereocenters. The Morgan fingerprint density at radius 3 is 2.85 bits per heavy atom. The van der Waals surface area contributed by atoms with Crippen molar-refractivity contribution in [2.24, 2.45) is 0 Å². The van der Waals surface area contributed by atoms with Gasteiger partial charge in [0.05, 0.1) is 12.5 Å². The van der Waals surface area contributed by atoms with Crippen molar-refractivity contribution in [3.05, 3.63) is 22.6 Å². The van der Waals surface area contributed by atoms with Crippen LogP contribution in [0, 0.1) is 0 Å². The number of hydrogen-bond acceptors (Lipinski definition) is 3. The number of carboxylic acid groups (broad SMARTS) is 1. The first kappa shape index (κ1) is 10.3. The Bertz CT molecular complexity index is 297. The van der Waals surface area contributed by atoms with E-state index in [0.717, 1.165) is 0 Å². The van der Waals surface area contributed by atoms with Crippen LogP contribution in [0.4, 0.5) is 0 Å². The number of hydrogen-bond donors (Lipinski definition) is 2. The summed E-state index contributed by atoms with van der Waals surface area (Å²) in [5, 5.41) is 11.5. The first-order valence-electron chi connectivity index (χ1n) is 3.77. The van der Waals surface area contributed by atoms with E-state index in [1.807, 2.05) is 0 Å². The van der Waals surface area contributed by atoms with Gasteiger partial charge in [0.15, 0.2) is 4.67 Å². The number of carboxylic acids is 1. The van der Waals surface area contributed by atoms with Crippen molar-refractivity contribution in [2.75, 3.05) is 7.05 Å². The molecule has 13 heavy (non-hydrogen) atoms. The van der Waals surface area contributed by atoms with Crippen LogP contribution in [0.25, 0.3) is 0 Å². The second-order valence-electron chi connectivity index (χ2n) is 2.58. The van der Waals surface area contributed by atoms with Crippen LogP contribution in [-0.2, 0) is 4.79 Å². The van der Waals surface area contributed by atoms with E-state index in [-0.39, 0.29) is 12.5 Å². The summed E-state index contributed by atoms with van der Waals surface area (Å²) >= 11 is 3.15. The third-order valence-electron chi connectivity index (χ3n) is 1.66. The molecule has 72 valence electrons. The van der Waals surface area contributed by atoms with E-state index in [1.54, 1.807) is 19.2 Å². The number of rotatable bonds is 4. The van der Waals surface area contributed by atoms with E-state index < -0.39 is 5.97 Å². The summed E-state index contributed by atoms with van der Waals surface area (Å²) in [6.07, 6.45) is 0.0104. The van der Waals surface area contributed by atoms with Crippen molar-refractivity contribution >= 4 is 21.9 Å². The molecule has 1 aromatic rings. The van der Waals surface area contributed by atoms with Gasteiger partial charge in [-0.05, 0) is 35.1 Å². The Morgan fingerprint density at radius 2 is 2.46 bits per heavy atom. The van der Waals surface area contributed by atoms with Crippen molar-refractivity contribution in [1.29, 1.82) is 0 Å². The zero-order chi connectivity index (χ0) is 9.84. The van der Waals surface area contributed by atoms with Crippen LogP contribution in [0.15, 0.2) is 21.2 Å². The maximum Gasteiger partial charge on any atom is 0.305 e. The first-order valence-corrected chi connectivity index (χ1v) is 4.57. The highest BCUT2D eigenvalue weighted by atomic mass is 79.9. The van der Waals surface area contributed by atoms with Crippen molar-refractivity contribution in [3.63, 3.8) is 0 Å². The van der Waals surface area contributed by atoms with Gasteiger partial charge in [-0.1, -0.05) is 0 Å². The quantitative estimate of drug-likeness (QED) is 0.852. The Labute approximate surface area is 84.1 Å². The highest BCUT2D eigenvalue weighted by Gasteiger charge is 2.16. The highest BCUT2D eigenvalue weighted by Crippen LogP contribution is 2.22. The van der Waals surface area contributed by atoms with Gasteiger partial charge in [-0.15, -0.1) is 0 Å². The Hall–Kier alpha value is -0.810. The molecule has 2 N–H and O–H groups in total. The first-order chi connectivity index (χ1) is 6.13. The standard InChI is InChI=1S/C8H10BrNO3/c1-10-5(4-8(11)12)6-2-3-7(9)13-6/h2-3,5,10H,4H2,1H3,(H,11,12). The lowest BCUT2D eigenvalue weighted by Crippen LogP contribution is -2.19. The van der Waals surface area contributed by atoms with E-state index >= 15 is 0 Å². The Balaban J connectivity index is 2.72. The molecule has 0 saturated carbocycles. The molecule has 1 unspecified atom stereocenters. The second kappa shape index (κ2) is 4.43. The molecule has 0 aliphatic rings. The molecule has 0 bridgehead atoms.